The Morgan fingerprint density at radius 2 is 1.14 bits per heavy atom. The highest BCUT2D eigenvalue weighted by atomic mass is 32.2. The Morgan fingerprint density at radius 3 is 1.71 bits per heavy atom. The van der Waals surface area contributed by atoms with Gasteiger partial charge in [0.2, 0.25) is 0 Å². The van der Waals surface area contributed by atoms with Gasteiger partial charge in [-0.2, -0.15) is 8.42 Å². The molecule has 0 bridgehead atoms. The fourth-order valence-corrected chi connectivity index (χ4v) is 6.83. The fraction of sp³-hybridized carbons (Fsp3) is 0.767. The van der Waals surface area contributed by atoms with Gasteiger partial charge in [0.05, 0.1) is 6.61 Å². The van der Waals surface area contributed by atoms with Crippen LogP contribution in [0, 0.1) is 0 Å². The second-order valence-electron chi connectivity index (χ2n) is 14.7. The van der Waals surface area contributed by atoms with Crippen LogP contribution in [0.3, 0.4) is 0 Å². The molecule has 12 nitrogen and oxygen atoms in total. The zero-order chi connectivity index (χ0) is 41.3. The van der Waals surface area contributed by atoms with Gasteiger partial charge < -0.3 is 34.3 Å². The van der Waals surface area contributed by atoms with Crippen molar-refractivity contribution in [2.24, 2.45) is 0 Å². The fourth-order valence-electron chi connectivity index (χ4n) is 6.14. The normalized spacial score (nSPS) is 21.1. The van der Waals surface area contributed by atoms with E-state index in [1.165, 1.54) is 51.4 Å². The molecule has 0 radical (unpaired) electrons. The minimum Gasteiger partial charge on any atom is -0.462 e. The molecule has 1 saturated heterocycles. The molecule has 4 N–H and O–H groups in total. The van der Waals surface area contributed by atoms with Gasteiger partial charge >= 0.3 is 11.9 Å². The number of aliphatic hydroxyl groups is 3. The van der Waals surface area contributed by atoms with Crippen molar-refractivity contribution in [1.29, 1.82) is 0 Å². The number of carbonyl (C=O) groups is 2. The summed E-state index contributed by atoms with van der Waals surface area (Å²) in [4.78, 5) is 25.3. The van der Waals surface area contributed by atoms with Crippen LogP contribution >= 0.6 is 0 Å². The maximum atomic E-state index is 12.8. The number of unbranched alkanes of at least 4 members (excludes halogenated alkanes) is 16. The van der Waals surface area contributed by atoms with Crippen LogP contribution in [-0.2, 0) is 38.7 Å². The van der Waals surface area contributed by atoms with Crippen LogP contribution in [0.5, 0.6) is 0 Å². The molecule has 3 unspecified atom stereocenters. The predicted octanol–water partition coefficient (Wildman–Crippen LogP) is 8.00. The molecular formula is C43H74O12S. The molecule has 1 heterocycles. The summed E-state index contributed by atoms with van der Waals surface area (Å²) in [5.74, 6) is -2.02. The molecule has 56 heavy (non-hydrogen) atoms. The lowest BCUT2D eigenvalue weighted by Gasteiger charge is -2.40. The van der Waals surface area contributed by atoms with Crippen LogP contribution in [0.4, 0.5) is 0 Å². The molecule has 1 fully saturated rings. The van der Waals surface area contributed by atoms with Gasteiger partial charge in [-0.05, 0) is 57.8 Å². The van der Waals surface area contributed by atoms with Crippen molar-refractivity contribution in [3.63, 3.8) is 0 Å². The summed E-state index contributed by atoms with van der Waals surface area (Å²) < 4.78 is 53.9. The Morgan fingerprint density at radius 1 is 0.625 bits per heavy atom. The molecule has 1 aliphatic rings. The number of rotatable bonds is 34. The number of hydrogen-bond donors (Lipinski definition) is 4. The third-order valence-electron chi connectivity index (χ3n) is 9.45. The Balaban J connectivity index is 2.49. The summed E-state index contributed by atoms with van der Waals surface area (Å²) in [6.07, 6.45) is 28.8. The number of carbonyl (C=O) groups excluding carboxylic acids is 2. The average molecular weight is 815 g/mol. The Bertz CT molecular complexity index is 1230. The topological polar surface area (TPSA) is 186 Å². The molecule has 0 amide bonds. The summed E-state index contributed by atoms with van der Waals surface area (Å²) in [6, 6.07) is 0. The molecule has 1 rings (SSSR count). The molecule has 13 heteroatoms. The zero-order valence-electron chi connectivity index (χ0n) is 34.2. The number of aliphatic hydroxyl groups excluding tert-OH is 3. The van der Waals surface area contributed by atoms with Crippen molar-refractivity contribution < 1.29 is 56.8 Å². The highest BCUT2D eigenvalue weighted by Gasteiger charge is 2.46. The maximum absolute atomic E-state index is 12.8. The lowest BCUT2D eigenvalue weighted by Crippen LogP contribution is -2.60. The van der Waals surface area contributed by atoms with E-state index in [4.69, 9.17) is 18.9 Å². The summed E-state index contributed by atoms with van der Waals surface area (Å²) in [5.41, 5.74) is 0. The van der Waals surface area contributed by atoms with Crippen LogP contribution in [0.15, 0.2) is 48.6 Å². The minimum absolute atomic E-state index is 0.139. The van der Waals surface area contributed by atoms with Crippen molar-refractivity contribution in [3.05, 3.63) is 48.6 Å². The van der Waals surface area contributed by atoms with E-state index in [0.29, 0.717) is 12.8 Å². The molecule has 0 saturated carbocycles. The van der Waals surface area contributed by atoms with E-state index in [2.05, 4.69) is 38.2 Å². The van der Waals surface area contributed by atoms with Crippen LogP contribution in [0.1, 0.15) is 155 Å². The SMILES string of the molecule is CC/C=C/C=C/C=C/CCCCCCCC(=O)OC(COC(=O)CCCCCCCCC/C=C/CCCCCC)CO[C@H]1O[C@H](CS(=O)(=O)O)[C@@H](O)C(O)C1O. The van der Waals surface area contributed by atoms with Crippen molar-refractivity contribution in [1.82, 2.24) is 0 Å². The second-order valence-corrected chi connectivity index (χ2v) is 16.2. The monoisotopic (exact) mass is 814 g/mol. The lowest BCUT2D eigenvalue weighted by atomic mass is 10.00. The van der Waals surface area contributed by atoms with Gasteiger partial charge in [0, 0.05) is 12.8 Å². The molecular weight excluding hydrogens is 741 g/mol. The molecule has 0 spiro atoms. The minimum atomic E-state index is -4.60. The van der Waals surface area contributed by atoms with Crippen LogP contribution in [0.25, 0.3) is 0 Å². The standard InChI is InChI=1S/C43H74O12S/c1-3-5-7-9-11-13-15-17-18-20-21-23-25-27-29-31-38(44)52-33-36(34-53-43-42(48)41(47)40(46)37(55-43)35-56(49,50)51)54-39(45)32-30-28-26-24-22-19-16-14-12-10-8-6-4-2/h6,8,10,12-16,36-37,40-43,46-48H,3-5,7,9,11,17-35H2,1-2H3,(H,49,50,51)/b8-6+,12-10+,15-13+,16-14+/t36?,37-,40-,41?,42?,43+/m1/s1. The van der Waals surface area contributed by atoms with Crippen molar-refractivity contribution >= 4 is 22.1 Å². The smallest absolute Gasteiger partial charge is 0.306 e. The molecule has 324 valence electrons. The number of ether oxygens (including phenoxy) is 4. The van der Waals surface area contributed by atoms with Crippen LogP contribution in [-0.4, -0.2) is 96.0 Å². The van der Waals surface area contributed by atoms with Crippen LogP contribution < -0.4 is 0 Å². The van der Waals surface area contributed by atoms with E-state index in [1.807, 2.05) is 24.3 Å². The van der Waals surface area contributed by atoms with E-state index in [-0.39, 0.29) is 19.4 Å². The Labute approximate surface area is 337 Å². The lowest BCUT2D eigenvalue weighted by molar-refractivity contribution is -0.297. The molecule has 6 atom stereocenters. The predicted molar refractivity (Wildman–Crippen MR) is 219 cm³/mol. The Kier molecular flexibility index (Phi) is 30.9. The van der Waals surface area contributed by atoms with Gasteiger partial charge in [-0.3, -0.25) is 14.1 Å². The van der Waals surface area contributed by atoms with Crippen molar-refractivity contribution in [2.75, 3.05) is 19.0 Å². The van der Waals surface area contributed by atoms with Gasteiger partial charge in [-0.15, -0.1) is 0 Å². The first-order valence-electron chi connectivity index (χ1n) is 21.2. The first kappa shape index (κ1) is 51.6. The molecule has 0 aromatic heterocycles. The molecule has 0 aliphatic carbocycles. The number of hydrogen-bond acceptors (Lipinski definition) is 11. The summed E-state index contributed by atoms with van der Waals surface area (Å²) in [7, 11) is -4.60. The molecule has 0 aromatic carbocycles. The molecule has 0 aromatic rings. The highest BCUT2D eigenvalue weighted by molar-refractivity contribution is 7.85. The van der Waals surface area contributed by atoms with E-state index in [1.54, 1.807) is 0 Å². The van der Waals surface area contributed by atoms with Gasteiger partial charge in [0.15, 0.2) is 12.4 Å². The molecule has 1 aliphatic heterocycles. The summed E-state index contributed by atoms with van der Waals surface area (Å²) in [5, 5.41) is 30.8. The van der Waals surface area contributed by atoms with E-state index in [9.17, 15) is 37.9 Å². The highest BCUT2D eigenvalue weighted by Crippen LogP contribution is 2.24. The van der Waals surface area contributed by atoms with E-state index in [0.717, 1.165) is 64.2 Å². The van der Waals surface area contributed by atoms with Crippen LogP contribution in [0.2, 0.25) is 0 Å². The third kappa shape index (κ3) is 28.1. The van der Waals surface area contributed by atoms with Gasteiger partial charge in [0.1, 0.15) is 36.8 Å². The second kappa shape index (κ2) is 33.6. The Hall–Kier alpha value is -2.39. The summed E-state index contributed by atoms with van der Waals surface area (Å²) >= 11 is 0. The quantitative estimate of drug-likeness (QED) is 0.0162. The van der Waals surface area contributed by atoms with Gasteiger partial charge in [-0.25, -0.2) is 0 Å². The van der Waals surface area contributed by atoms with E-state index < -0.39 is 71.2 Å². The summed E-state index contributed by atoms with van der Waals surface area (Å²) in [6.45, 7) is 3.57. The largest absolute Gasteiger partial charge is 0.462 e. The van der Waals surface area contributed by atoms with Gasteiger partial charge in [0.25, 0.3) is 10.1 Å². The van der Waals surface area contributed by atoms with Crippen molar-refractivity contribution in [2.45, 2.75) is 192 Å². The first-order chi connectivity index (χ1) is 27.0. The first-order valence-corrected chi connectivity index (χ1v) is 22.8. The number of allylic oxidation sites excluding steroid dienone is 8. The van der Waals surface area contributed by atoms with Crippen molar-refractivity contribution in [3.8, 4) is 0 Å². The number of esters is 2. The van der Waals surface area contributed by atoms with Gasteiger partial charge in [-0.1, -0.05) is 133 Å². The zero-order valence-corrected chi connectivity index (χ0v) is 35.0. The average Bonchev–Trinajstić information content (AvgIpc) is 3.16. The third-order valence-corrected chi connectivity index (χ3v) is 10.2. The maximum Gasteiger partial charge on any atom is 0.306 e. The van der Waals surface area contributed by atoms with E-state index >= 15 is 0 Å².